The van der Waals surface area contributed by atoms with Gasteiger partial charge in [0.1, 0.15) is 5.76 Å². The van der Waals surface area contributed by atoms with Crippen LogP contribution < -0.4 is 0 Å². The van der Waals surface area contributed by atoms with Crippen molar-refractivity contribution in [2.24, 2.45) is 17.8 Å². The first kappa shape index (κ1) is 10.9. The minimum Gasteiger partial charge on any atom is -0.481 e. The summed E-state index contributed by atoms with van der Waals surface area (Å²) < 4.78 is 5.15. The Kier molecular flexibility index (Phi) is 2.58. The quantitative estimate of drug-likeness (QED) is 0.583. The molecule has 4 heteroatoms. The van der Waals surface area contributed by atoms with E-state index >= 15 is 0 Å². The number of rotatable bonds is 3. The van der Waals surface area contributed by atoms with E-state index in [1.165, 1.54) is 0 Å². The third kappa shape index (κ3) is 1.75. The first-order valence-corrected chi connectivity index (χ1v) is 5.31. The number of carboxylic acid groups (broad SMARTS) is 1. The summed E-state index contributed by atoms with van der Waals surface area (Å²) in [7, 11) is 0. The van der Waals surface area contributed by atoms with Gasteiger partial charge in [0.05, 0.1) is 5.92 Å². The van der Waals surface area contributed by atoms with E-state index in [1.54, 1.807) is 6.92 Å². The summed E-state index contributed by atoms with van der Waals surface area (Å²) in [5, 5.41) is 9.01. The van der Waals surface area contributed by atoms with Crippen molar-refractivity contribution in [2.45, 2.75) is 19.8 Å². The molecule has 0 aromatic rings. The Morgan fingerprint density at radius 1 is 1.50 bits per heavy atom. The van der Waals surface area contributed by atoms with Crippen molar-refractivity contribution in [3.63, 3.8) is 0 Å². The predicted octanol–water partition coefficient (Wildman–Crippen LogP) is 1.73. The summed E-state index contributed by atoms with van der Waals surface area (Å²) in [6.45, 7) is 5.07. The molecule has 86 valence electrons. The third-order valence-corrected chi connectivity index (χ3v) is 3.24. The van der Waals surface area contributed by atoms with Gasteiger partial charge in [0.25, 0.3) is 0 Å². The second-order valence-electron chi connectivity index (χ2n) is 4.52. The van der Waals surface area contributed by atoms with Crippen LogP contribution in [0.2, 0.25) is 0 Å². The molecule has 1 fully saturated rings. The molecule has 16 heavy (non-hydrogen) atoms. The van der Waals surface area contributed by atoms with Crippen molar-refractivity contribution in [2.75, 3.05) is 0 Å². The molecule has 2 rings (SSSR count). The van der Waals surface area contributed by atoms with Crippen LogP contribution in [0.15, 0.2) is 24.0 Å². The zero-order valence-electron chi connectivity index (χ0n) is 9.10. The van der Waals surface area contributed by atoms with Crippen LogP contribution in [0, 0.1) is 17.8 Å². The zero-order valence-corrected chi connectivity index (χ0v) is 9.10. The van der Waals surface area contributed by atoms with Gasteiger partial charge in [0, 0.05) is 11.5 Å². The fourth-order valence-corrected chi connectivity index (χ4v) is 2.46. The number of carboxylic acids is 1. The number of aliphatic carboxylic acids is 1. The van der Waals surface area contributed by atoms with E-state index in [-0.39, 0.29) is 11.8 Å². The van der Waals surface area contributed by atoms with E-state index in [4.69, 9.17) is 9.84 Å². The van der Waals surface area contributed by atoms with E-state index < -0.39 is 17.9 Å². The number of ether oxygens (including phenoxy) is 1. The van der Waals surface area contributed by atoms with Crippen molar-refractivity contribution < 1.29 is 19.4 Å². The maximum atomic E-state index is 11.3. The molecule has 4 nitrogen and oxygen atoms in total. The van der Waals surface area contributed by atoms with Gasteiger partial charge in [-0.05, 0) is 31.8 Å². The molecule has 0 amide bonds. The monoisotopic (exact) mass is 222 g/mol. The molecule has 3 atom stereocenters. The van der Waals surface area contributed by atoms with Gasteiger partial charge >= 0.3 is 11.9 Å². The molecule has 1 N–H and O–H groups in total. The Labute approximate surface area is 93.6 Å². The molecule has 0 saturated heterocycles. The summed E-state index contributed by atoms with van der Waals surface area (Å²) in [5.41, 5.74) is 0.329. The van der Waals surface area contributed by atoms with Gasteiger partial charge in [-0.3, -0.25) is 4.79 Å². The lowest BCUT2D eigenvalue weighted by atomic mass is 9.92. The first-order valence-electron chi connectivity index (χ1n) is 5.31. The number of fused-ring (bicyclic) bond motifs is 2. The second kappa shape index (κ2) is 3.77. The van der Waals surface area contributed by atoms with Crippen molar-refractivity contribution in [3.8, 4) is 0 Å². The number of carbonyl (C=O) groups is 2. The molecule has 2 bridgehead atoms. The molecule has 0 radical (unpaired) electrons. The fourth-order valence-electron chi connectivity index (χ4n) is 2.46. The second-order valence-corrected chi connectivity index (χ2v) is 4.52. The fraction of sp³-hybridized carbons (Fsp3) is 0.500. The van der Waals surface area contributed by atoms with Crippen molar-refractivity contribution in [1.82, 2.24) is 0 Å². The van der Waals surface area contributed by atoms with Gasteiger partial charge < -0.3 is 9.84 Å². The number of esters is 1. The average molecular weight is 222 g/mol. The van der Waals surface area contributed by atoms with E-state index in [1.807, 2.05) is 6.08 Å². The maximum Gasteiger partial charge on any atom is 0.338 e. The molecular weight excluding hydrogens is 208 g/mol. The van der Waals surface area contributed by atoms with Crippen molar-refractivity contribution in [3.05, 3.63) is 24.0 Å². The first-order chi connectivity index (χ1) is 7.49. The molecule has 0 aromatic carbocycles. The number of hydrogen-bond acceptors (Lipinski definition) is 3. The maximum absolute atomic E-state index is 11.3. The minimum atomic E-state index is -0.801. The Balaban J connectivity index is 2.08. The average Bonchev–Trinajstić information content (AvgIpc) is 2.75. The van der Waals surface area contributed by atoms with Crippen LogP contribution in [0.4, 0.5) is 0 Å². The van der Waals surface area contributed by atoms with Crippen LogP contribution in [0.1, 0.15) is 19.8 Å². The normalized spacial score (nSPS) is 31.1. The smallest absolute Gasteiger partial charge is 0.338 e. The highest BCUT2D eigenvalue weighted by Gasteiger charge is 2.46. The number of hydrogen-bond donors (Lipinski definition) is 1. The largest absolute Gasteiger partial charge is 0.481 e. The van der Waals surface area contributed by atoms with Gasteiger partial charge in [-0.2, -0.15) is 0 Å². The molecule has 0 spiro atoms. The number of carbonyl (C=O) groups excluding carboxylic acids is 1. The Hall–Kier alpha value is -1.58. The standard InChI is InChI=1S/C12H14O4/c1-6(2)12(15)16-10-5-7-3-8(10)9(4-7)11(13)14/h5,7-9H,1,3-4H2,2H3,(H,13,14). The van der Waals surface area contributed by atoms with Crippen LogP contribution in [-0.4, -0.2) is 17.0 Å². The summed E-state index contributed by atoms with van der Waals surface area (Å²) in [4.78, 5) is 22.3. The molecular formula is C12H14O4. The summed E-state index contributed by atoms with van der Waals surface area (Å²) in [6, 6.07) is 0. The molecule has 1 saturated carbocycles. The Bertz CT molecular complexity index is 394. The van der Waals surface area contributed by atoms with Gasteiger partial charge in [-0.15, -0.1) is 0 Å². The van der Waals surface area contributed by atoms with Crippen LogP contribution in [-0.2, 0) is 14.3 Å². The molecule has 3 unspecified atom stereocenters. The summed E-state index contributed by atoms with van der Waals surface area (Å²) in [5.74, 6) is -1.03. The highest BCUT2D eigenvalue weighted by Crippen LogP contribution is 2.48. The lowest BCUT2D eigenvalue weighted by Gasteiger charge is -2.19. The van der Waals surface area contributed by atoms with E-state index in [0.29, 0.717) is 17.8 Å². The summed E-state index contributed by atoms with van der Waals surface area (Å²) in [6.07, 6.45) is 3.33. The molecule has 0 aromatic heterocycles. The minimum absolute atomic E-state index is 0.134. The molecule has 2 aliphatic rings. The van der Waals surface area contributed by atoms with E-state index in [0.717, 1.165) is 6.42 Å². The topological polar surface area (TPSA) is 63.6 Å². The van der Waals surface area contributed by atoms with Crippen LogP contribution >= 0.6 is 0 Å². The Morgan fingerprint density at radius 3 is 2.69 bits per heavy atom. The van der Waals surface area contributed by atoms with E-state index in [9.17, 15) is 9.59 Å². The lowest BCUT2D eigenvalue weighted by Crippen LogP contribution is -2.23. The highest BCUT2D eigenvalue weighted by atomic mass is 16.5. The highest BCUT2D eigenvalue weighted by molar-refractivity contribution is 5.88. The van der Waals surface area contributed by atoms with Gasteiger partial charge in [-0.1, -0.05) is 6.58 Å². The SMILES string of the molecule is C=C(C)C(=O)OC1=CC2CC(C(=O)O)C1C2. The molecule has 0 aliphatic heterocycles. The third-order valence-electron chi connectivity index (χ3n) is 3.24. The predicted molar refractivity (Wildman–Crippen MR) is 56.3 cm³/mol. The van der Waals surface area contributed by atoms with E-state index in [2.05, 4.69) is 6.58 Å². The van der Waals surface area contributed by atoms with Crippen molar-refractivity contribution >= 4 is 11.9 Å². The van der Waals surface area contributed by atoms with Crippen LogP contribution in [0.25, 0.3) is 0 Å². The Morgan fingerprint density at radius 2 is 2.19 bits per heavy atom. The van der Waals surface area contributed by atoms with Gasteiger partial charge in [-0.25, -0.2) is 4.79 Å². The number of allylic oxidation sites excluding steroid dienone is 2. The lowest BCUT2D eigenvalue weighted by molar-refractivity contribution is -0.145. The van der Waals surface area contributed by atoms with Crippen LogP contribution in [0.5, 0.6) is 0 Å². The molecule has 2 aliphatic carbocycles. The zero-order chi connectivity index (χ0) is 11.9. The van der Waals surface area contributed by atoms with Crippen molar-refractivity contribution in [1.29, 1.82) is 0 Å². The molecule has 0 heterocycles. The summed E-state index contributed by atoms with van der Waals surface area (Å²) >= 11 is 0. The van der Waals surface area contributed by atoms with Gasteiger partial charge in [0.2, 0.25) is 0 Å². The van der Waals surface area contributed by atoms with Crippen LogP contribution in [0.3, 0.4) is 0 Å². The van der Waals surface area contributed by atoms with Gasteiger partial charge in [0.15, 0.2) is 0 Å².